The lowest BCUT2D eigenvalue weighted by Crippen LogP contribution is -2.19. The lowest BCUT2D eigenvalue weighted by atomic mass is 9.95. The van der Waals surface area contributed by atoms with Gasteiger partial charge < -0.3 is 10.5 Å². The standard InChI is InChI=1S/C14H20F3NO/c15-14(16,17)11-19-8-4-7-13(10-18)9-12-5-2-1-3-6-12/h1-3,5-6,13H,4,7-11,18H2. The van der Waals surface area contributed by atoms with Crippen LogP contribution >= 0.6 is 0 Å². The van der Waals surface area contributed by atoms with Crippen molar-refractivity contribution in [3.05, 3.63) is 35.9 Å². The number of rotatable bonds is 8. The van der Waals surface area contributed by atoms with Gasteiger partial charge in [-0.05, 0) is 37.3 Å². The zero-order chi connectivity index (χ0) is 14.1. The molecule has 0 aliphatic carbocycles. The Labute approximate surface area is 111 Å². The molecule has 0 fully saturated rings. The maximum atomic E-state index is 11.9. The number of ether oxygens (including phenoxy) is 1. The summed E-state index contributed by atoms with van der Waals surface area (Å²) in [5.41, 5.74) is 6.89. The van der Waals surface area contributed by atoms with Gasteiger partial charge in [-0.1, -0.05) is 30.3 Å². The summed E-state index contributed by atoms with van der Waals surface area (Å²) in [4.78, 5) is 0. The van der Waals surface area contributed by atoms with E-state index in [0.717, 1.165) is 12.8 Å². The van der Waals surface area contributed by atoms with Gasteiger partial charge in [0, 0.05) is 6.61 Å². The van der Waals surface area contributed by atoms with Crippen LogP contribution in [0.3, 0.4) is 0 Å². The van der Waals surface area contributed by atoms with Gasteiger partial charge in [-0.2, -0.15) is 13.2 Å². The fraction of sp³-hybridized carbons (Fsp3) is 0.571. The van der Waals surface area contributed by atoms with E-state index in [2.05, 4.69) is 4.74 Å². The average molecular weight is 275 g/mol. The zero-order valence-electron chi connectivity index (χ0n) is 10.8. The molecule has 0 saturated carbocycles. The number of benzene rings is 1. The van der Waals surface area contributed by atoms with Crippen molar-refractivity contribution < 1.29 is 17.9 Å². The first kappa shape index (κ1) is 16.0. The van der Waals surface area contributed by atoms with E-state index in [9.17, 15) is 13.2 Å². The van der Waals surface area contributed by atoms with Gasteiger partial charge in [0.05, 0.1) is 0 Å². The third-order valence-electron chi connectivity index (χ3n) is 2.87. The Morgan fingerprint density at radius 2 is 1.84 bits per heavy atom. The molecule has 0 bridgehead atoms. The van der Waals surface area contributed by atoms with E-state index in [-0.39, 0.29) is 12.5 Å². The van der Waals surface area contributed by atoms with Crippen LogP contribution in [0.4, 0.5) is 13.2 Å². The maximum absolute atomic E-state index is 11.9. The lowest BCUT2D eigenvalue weighted by molar-refractivity contribution is -0.174. The van der Waals surface area contributed by atoms with Crippen molar-refractivity contribution in [3.8, 4) is 0 Å². The zero-order valence-corrected chi connectivity index (χ0v) is 10.8. The van der Waals surface area contributed by atoms with Gasteiger partial charge in [-0.3, -0.25) is 0 Å². The van der Waals surface area contributed by atoms with Crippen LogP contribution in [0.5, 0.6) is 0 Å². The summed E-state index contributed by atoms with van der Waals surface area (Å²) in [7, 11) is 0. The predicted octanol–water partition coefficient (Wildman–Crippen LogP) is 3.16. The minimum atomic E-state index is -4.24. The molecular weight excluding hydrogens is 255 g/mol. The third kappa shape index (κ3) is 7.85. The molecule has 0 aliphatic rings. The van der Waals surface area contributed by atoms with Crippen molar-refractivity contribution in [2.75, 3.05) is 19.8 Å². The minimum absolute atomic E-state index is 0.130. The second kappa shape index (κ2) is 8.17. The van der Waals surface area contributed by atoms with Gasteiger partial charge in [0.25, 0.3) is 0 Å². The Bertz CT molecular complexity index is 340. The second-order valence-electron chi connectivity index (χ2n) is 4.60. The number of nitrogens with two attached hydrogens (primary N) is 1. The van der Waals surface area contributed by atoms with Gasteiger partial charge in [0.2, 0.25) is 0 Å². The molecule has 0 aromatic heterocycles. The predicted molar refractivity (Wildman–Crippen MR) is 68.8 cm³/mol. The van der Waals surface area contributed by atoms with Crippen LogP contribution in [-0.4, -0.2) is 25.9 Å². The van der Waals surface area contributed by atoms with Crippen LogP contribution < -0.4 is 5.73 Å². The van der Waals surface area contributed by atoms with Crippen LogP contribution in [0.25, 0.3) is 0 Å². The number of hydrogen-bond acceptors (Lipinski definition) is 2. The van der Waals surface area contributed by atoms with Crippen molar-refractivity contribution in [1.82, 2.24) is 0 Å². The Morgan fingerprint density at radius 1 is 1.16 bits per heavy atom. The molecule has 0 saturated heterocycles. The van der Waals surface area contributed by atoms with E-state index >= 15 is 0 Å². The normalized spacial score (nSPS) is 13.5. The molecule has 19 heavy (non-hydrogen) atoms. The van der Waals surface area contributed by atoms with E-state index in [1.165, 1.54) is 5.56 Å². The van der Waals surface area contributed by atoms with Crippen molar-refractivity contribution in [2.45, 2.75) is 25.4 Å². The van der Waals surface area contributed by atoms with E-state index in [1.54, 1.807) is 0 Å². The van der Waals surface area contributed by atoms with E-state index in [1.807, 2.05) is 30.3 Å². The van der Waals surface area contributed by atoms with Gasteiger partial charge in [-0.25, -0.2) is 0 Å². The molecule has 1 aromatic carbocycles. The summed E-state index contributed by atoms with van der Waals surface area (Å²) >= 11 is 0. The molecule has 2 nitrogen and oxygen atoms in total. The average Bonchev–Trinajstić information content (AvgIpc) is 2.37. The molecule has 0 radical (unpaired) electrons. The van der Waals surface area contributed by atoms with Crippen LogP contribution in [0, 0.1) is 5.92 Å². The first-order chi connectivity index (χ1) is 9.01. The van der Waals surface area contributed by atoms with Crippen molar-refractivity contribution >= 4 is 0 Å². The van der Waals surface area contributed by atoms with Crippen LogP contribution in [0.1, 0.15) is 18.4 Å². The lowest BCUT2D eigenvalue weighted by Gasteiger charge is -2.15. The molecule has 0 heterocycles. The van der Waals surface area contributed by atoms with Crippen LogP contribution in [0.2, 0.25) is 0 Å². The Morgan fingerprint density at radius 3 is 2.42 bits per heavy atom. The largest absolute Gasteiger partial charge is 0.411 e. The Balaban J connectivity index is 2.19. The molecule has 1 atom stereocenters. The molecule has 1 aromatic rings. The minimum Gasteiger partial charge on any atom is -0.372 e. The van der Waals surface area contributed by atoms with Crippen molar-refractivity contribution in [1.29, 1.82) is 0 Å². The summed E-state index contributed by atoms with van der Waals surface area (Å²) in [5.74, 6) is 0.289. The summed E-state index contributed by atoms with van der Waals surface area (Å²) in [6.45, 7) is -0.502. The fourth-order valence-electron chi connectivity index (χ4n) is 1.91. The first-order valence-electron chi connectivity index (χ1n) is 6.40. The number of halogens is 3. The second-order valence-corrected chi connectivity index (χ2v) is 4.60. The Kier molecular flexibility index (Phi) is 6.87. The third-order valence-corrected chi connectivity index (χ3v) is 2.87. The smallest absolute Gasteiger partial charge is 0.372 e. The quantitative estimate of drug-likeness (QED) is 0.740. The SMILES string of the molecule is NCC(CCCOCC(F)(F)F)Cc1ccccc1. The molecule has 0 aliphatic heterocycles. The monoisotopic (exact) mass is 275 g/mol. The molecule has 1 rings (SSSR count). The summed E-state index contributed by atoms with van der Waals surface area (Å²) in [6, 6.07) is 9.95. The maximum Gasteiger partial charge on any atom is 0.411 e. The van der Waals surface area contributed by atoms with Gasteiger partial charge in [0.15, 0.2) is 0 Å². The van der Waals surface area contributed by atoms with E-state index in [4.69, 9.17) is 5.73 Å². The number of hydrogen-bond donors (Lipinski definition) is 1. The highest BCUT2D eigenvalue weighted by Gasteiger charge is 2.27. The molecule has 0 amide bonds. The van der Waals surface area contributed by atoms with E-state index in [0.29, 0.717) is 13.0 Å². The van der Waals surface area contributed by atoms with E-state index < -0.39 is 12.8 Å². The Hall–Kier alpha value is -1.07. The molecule has 2 N–H and O–H groups in total. The van der Waals surface area contributed by atoms with Crippen molar-refractivity contribution in [2.24, 2.45) is 11.7 Å². The van der Waals surface area contributed by atoms with Crippen molar-refractivity contribution in [3.63, 3.8) is 0 Å². The topological polar surface area (TPSA) is 35.2 Å². The highest BCUT2D eigenvalue weighted by Crippen LogP contribution is 2.16. The molecule has 1 unspecified atom stereocenters. The van der Waals surface area contributed by atoms with Crippen LogP contribution in [0.15, 0.2) is 30.3 Å². The highest BCUT2D eigenvalue weighted by atomic mass is 19.4. The summed E-state index contributed by atoms with van der Waals surface area (Å²) < 4.78 is 40.1. The molecule has 0 spiro atoms. The first-order valence-corrected chi connectivity index (χ1v) is 6.40. The highest BCUT2D eigenvalue weighted by molar-refractivity contribution is 5.15. The summed E-state index contributed by atoms with van der Waals surface area (Å²) in [6.07, 6.45) is -2.00. The molecular formula is C14H20F3NO. The van der Waals surface area contributed by atoms with Gasteiger partial charge in [0.1, 0.15) is 6.61 Å². The number of alkyl halides is 3. The fourth-order valence-corrected chi connectivity index (χ4v) is 1.91. The molecule has 5 heteroatoms. The van der Waals surface area contributed by atoms with Gasteiger partial charge >= 0.3 is 6.18 Å². The van der Waals surface area contributed by atoms with Crippen LogP contribution in [-0.2, 0) is 11.2 Å². The van der Waals surface area contributed by atoms with Gasteiger partial charge in [-0.15, -0.1) is 0 Å². The molecule has 108 valence electrons. The summed E-state index contributed by atoms with van der Waals surface area (Å²) in [5, 5.41) is 0.